The maximum atomic E-state index is 11.9. The maximum absolute atomic E-state index is 11.9. The monoisotopic (exact) mass is 290 g/mol. The number of hydrogen-bond donors (Lipinski definition) is 1. The molecule has 5 heteroatoms. The van der Waals surface area contributed by atoms with Crippen molar-refractivity contribution >= 4 is 17.2 Å². The molecule has 0 saturated carbocycles. The highest BCUT2D eigenvalue weighted by atomic mass is 32.1. The molecule has 0 radical (unpaired) electrons. The maximum Gasteiger partial charge on any atom is 0.254 e. The Hall–Kier alpha value is -1.59. The Kier molecular flexibility index (Phi) is 3.89. The smallest absolute Gasteiger partial charge is 0.254 e. The van der Waals surface area contributed by atoms with Crippen LogP contribution in [0.5, 0.6) is 0 Å². The van der Waals surface area contributed by atoms with Crippen molar-refractivity contribution in [3.8, 4) is 0 Å². The van der Waals surface area contributed by atoms with Crippen molar-refractivity contribution in [1.29, 1.82) is 0 Å². The second-order valence-electron chi connectivity index (χ2n) is 5.16. The molecule has 20 heavy (non-hydrogen) atoms. The second kappa shape index (κ2) is 5.81. The quantitative estimate of drug-likeness (QED) is 0.941. The first-order chi connectivity index (χ1) is 9.74. The van der Waals surface area contributed by atoms with Gasteiger partial charge in [0.05, 0.1) is 11.8 Å². The Morgan fingerprint density at radius 1 is 1.55 bits per heavy atom. The molecule has 1 atom stereocenters. The number of thiophene rings is 1. The normalized spacial score (nSPS) is 16.6. The van der Waals surface area contributed by atoms with E-state index in [1.54, 1.807) is 6.07 Å². The summed E-state index contributed by atoms with van der Waals surface area (Å²) in [5.41, 5.74) is 2.02. The topological polar surface area (TPSA) is 45.5 Å². The van der Waals surface area contributed by atoms with Gasteiger partial charge in [0.1, 0.15) is 6.26 Å². The Morgan fingerprint density at radius 3 is 3.25 bits per heavy atom. The fourth-order valence-electron chi connectivity index (χ4n) is 2.51. The number of carbonyl (C=O) groups excluding carboxylic acids is 1. The second-order valence-corrected chi connectivity index (χ2v) is 6.16. The van der Waals surface area contributed by atoms with Crippen LogP contribution in [0.25, 0.3) is 0 Å². The number of carbonyl (C=O) groups is 1. The first kappa shape index (κ1) is 13.4. The number of nitrogens with one attached hydrogen (secondary N) is 1. The lowest BCUT2D eigenvalue weighted by Crippen LogP contribution is -2.44. The van der Waals surface area contributed by atoms with E-state index in [1.807, 2.05) is 11.3 Å². The van der Waals surface area contributed by atoms with E-state index in [9.17, 15) is 4.79 Å². The van der Waals surface area contributed by atoms with Crippen LogP contribution < -0.4 is 5.32 Å². The first-order valence-corrected chi connectivity index (χ1v) is 7.71. The van der Waals surface area contributed by atoms with Crippen LogP contribution in [0.1, 0.15) is 27.7 Å². The van der Waals surface area contributed by atoms with Crippen molar-refractivity contribution in [3.63, 3.8) is 0 Å². The predicted octanol–water partition coefficient (Wildman–Crippen LogP) is 2.52. The zero-order valence-corrected chi connectivity index (χ0v) is 12.3. The van der Waals surface area contributed by atoms with E-state index >= 15 is 0 Å². The van der Waals surface area contributed by atoms with Gasteiger partial charge in [-0.3, -0.25) is 9.69 Å². The van der Waals surface area contributed by atoms with Crippen LogP contribution in [0.3, 0.4) is 0 Å². The third-order valence-corrected chi connectivity index (χ3v) is 4.82. The molecule has 2 aromatic heterocycles. The number of rotatable bonds is 4. The van der Waals surface area contributed by atoms with Crippen molar-refractivity contribution in [1.82, 2.24) is 10.2 Å². The van der Waals surface area contributed by atoms with Gasteiger partial charge in [-0.1, -0.05) is 0 Å². The van der Waals surface area contributed by atoms with E-state index < -0.39 is 0 Å². The number of fused-ring (bicyclic) bond motifs is 1. The molecule has 3 heterocycles. The summed E-state index contributed by atoms with van der Waals surface area (Å²) in [6.45, 7) is 4.87. The minimum Gasteiger partial charge on any atom is -0.472 e. The average Bonchev–Trinajstić information content (AvgIpc) is 3.13. The van der Waals surface area contributed by atoms with Gasteiger partial charge in [-0.2, -0.15) is 0 Å². The Bertz CT molecular complexity index is 576. The summed E-state index contributed by atoms with van der Waals surface area (Å²) < 4.78 is 4.92. The highest BCUT2D eigenvalue weighted by Crippen LogP contribution is 2.24. The average molecular weight is 290 g/mol. The van der Waals surface area contributed by atoms with Gasteiger partial charge in [0.25, 0.3) is 5.91 Å². The van der Waals surface area contributed by atoms with Crippen molar-refractivity contribution in [3.05, 3.63) is 46.0 Å². The number of furan rings is 1. The summed E-state index contributed by atoms with van der Waals surface area (Å²) >= 11 is 1.85. The van der Waals surface area contributed by atoms with E-state index in [0.29, 0.717) is 18.2 Å². The van der Waals surface area contributed by atoms with Crippen molar-refractivity contribution in [2.75, 3.05) is 13.1 Å². The van der Waals surface area contributed by atoms with Gasteiger partial charge < -0.3 is 9.73 Å². The lowest BCUT2D eigenvalue weighted by Gasteiger charge is -2.32. The molecular weight excluding hydrogens is 272 g/mol. The fourth-order valence-corrected chi connectivity index (χ4v) is 3.40. The highest BCUT2D eigenvalue weighted by molar-refractivity contribution is 7.10. The van der Waals surface area contributed by atoms with Crippen LogP contribution >= 0.6 is 11.3 Å². The largest absolute Gasteiger partial charge is 0.472 e. The minimum atomic E-state index is -0.0705. The molecule has 0 aliphatic carbocycles. The highest BCUT2D eigenvalue weighted by Gasteiger charge is 2.21. The summed E-state index contributed by atoms with van der Waals surface area (Å²) in [5, 5.41) is 5.13. The molecule has 0 aromatic carbocycles. The molecule has 0 bridgehead atoms. The van der Waals surface area contributed by atoms with Crippen molar-refractivity contribution in [2.24, 2.45) is 0 Å². The van der Waals surface area contributed by atoms with Gasteiger partial charge in [-0.05, 0) is 36.4 Å². The molecule has 3 rings (SSSR count). The molecule has 0 unspecified atom stereocenters. The molecule has 0 spiro atoms. The fraction of sp³-hybridized carbons (Fsp3) is 0.400. The van der Waals surface area contributed by atoms with Gasteiger partial charge >= 0.3 is 0 Å². The molecule has 1 aliphatic rings. The van der Waals surface area contributed by atoms with E-state index in [2.05, 4.69) is 28.6 Å². The summed E-state index contributed by atoms with van der Waals surface area (Å²) in [7, 11) is 0. The number of amides is 1. The van der Waals surface area contributed by atoms with E-state index in [4.69, 9.17) is 4.42 Å². The van der Waals surface area contributed by atoms with Gasteiger partial charge in [-0.15, -0.1) is 11.3 Å². The molecule has 0 saturated heterocycles. The molecule has 1 amide bonds. The van der Waals surface area contributed by atoms with E-state index in [-0.39, 0.29) is 5.91 Å². The van der Waals surface area contributed by atoms with Crippen LogP contribution in [-0.4, -0.2) is 29.9 Å². The van der Waals surface area contributed by atoms with Crippen LogP contribution in [-0.2, 0) is 13.0 Å². The first-order valence-electron chi connectivity index (χ1n) is 6.83. The van der Waals surface area contributed by atoms with Crippen LogP contribution in [0.4, 0.5) is 0 Å². The molecule has 1 N–H and O–H groups in total. The standard InChI is InChI=1S/C15H18N2O2S/c1-11(8-16-15(18)13-3-6-19-10-13)17-5-2-14-12(9-17)4-7-20-14/h3-4,6-7,10-11H,2,5,8-9H2,1H3,(H,16,18)/t11-/m1/s1. The zero-order valence-electron chi connectivity index (χ0n) is 11.5. The molecule has 2 aromatic rings. The summed E-state index contributed by atoms with van der Waals surface area (Å²) in [4.78, 5) is 15.8. The zero-order chi connectivity index (χ0) is 13.9. The number of nitrogens with zero attached hydrogens (tertiary/aromatic N) is 1. The summed E-state index contributed by atoms with van der Waals surface area (Å²) in [6, 6.07) is 4.22. The lowest BCUT2D eigenvalue weighted by molar-refractivity contribution is 0.0932. The van der Waals surface area contributed by atoms with Crippen LogP contribution in [0.2, 0.25) is 0 Å². The Balaban J connectivity index is 1.53. The van der Waals surface area contributed by atoms with E-state index in [1.165, 1.54) is 23.0 Å². The third-order valence-electron chi connectivity index (χ3n) is 3.80. The summed E-state index contributed by atoms with van der Waals surface area (Å²) in [5.74, 6) is -0.0705. The van der Waals surface area contributed by atoms with Gasteiger partial charge in [0.2, 0.25) is 0 Å². The molecule has 1 aliphatic heterocycles. The Morgan fingerprint density at radius 2 is 2.45 bits per heavy atom. The Labute approximate surface area is 122 Å². The predicted molar refractivity (Wildman–Crippen MR) is 78.9 cm³/mol. The van der Waals surface area contributed by atoms with Gasteiger partial charge in [0, 0.05) is 30.6 Å². The molecule has 4 nitrogen and oxygen atoms in total. The van der Waals surface area contributed by atoms with Crippen molar-refractivity contribution < 1.29 is 9.21 Å². The minimum absolute atomic E-state index is 0.0705. The molecule has 0 fully saturated rings. The van der Waals surface area contributed by atoms with Crippen LogP contribution in [0, 0.1) is 0 Å². The molecule has 106 valence electrons. The number of hydrogen-bond acceptors (Lipinski definition) is 4. The molecular formula is C15H18N2O2S. The SMILES string of the molecule is C[C@H](CNC(=O)c1ccoc1)N1CCc2sccc2C1. The third kappa shape index (κ3) is 2.78. The van der Waals surface area contributed by atoms with Crippen LogP contribution in [0.15, 0.2) is 34.5 Å². The summed E-state index contributed by atoms with van der Waals surface area (Å²) in [6.07, 6.45) is 4.10. The van der Waals surface area contributed by atoms with Gasteiger partial charge in [-0.25, -0.2) is 0 Å². The van der Waals surface area contributed by atoms with Gasteiger partial charge in [0.15, 0.2) is 0 Å². The lowest BCUT2D eigenvalue weighted by atomic mass is 10.1. The van der Waals surface area contributed by atoms with Crippen molar-refractivity contribution in [2.45, 2.75) is 25.9 Å². The van der Waals surface area contributed by atoms with E-state index in [0.717, 1.165) is 19.5 Å².